The summed E-state index contributed by atoms with van der Waals surface area (Å²) in [6.45, 7) is 3.72. The van der Waals surface area contributed by atoms with Gasteiger partial charge in [0.15, 0.2) is 0 Å². The minimum absolute atomic E-state index is 0.0326. The lowest BCUT2D eigenvalue weighted by atomic mass is 9.91. The summed E-state index contributed by atoms with van der Waals surface area (Å²) in [5.41, 5.74) is 3.68. The monoisotopic (exact) mass is 450 g/mol. The van der Waals surface area contributed by atoms with Crippen molar-refractivity contribution in [2.75, 3.05) is 13.2 Å². The van der Waals surface area contributed by atoms with Gasteiger partial charge in [-0.15, -0.1) is 0 Å². The van der Waals surface area contributed by atoms with Crippen molar-refractivity contribution in [1.82, 2.24) is 10.6 Å². The van der Waals surface area contributed by atoms with E-state index in [0.717, 1.165) is 28.7 Å². The number of ether oxygens (including phenoxy) is 1. The van der Waals surface area contributed by atoms with Crippen LogP contribution in [-0.4, -0.2) is 42.3 Å². The van der Waals surface area contributed by atoms with Crippen LogP contribution >= 0.6 is 0 Å². The van der Waals surface area contributed by atoms with Gasteiger partial charge in [0.25, 0.3) is 0 Å². The number of carboxylic acid groups (broad SMARTS) is 1. The number of amides is 2. The number of benzene rings is 2. The Morgan fingerprint density at radius 1 is 1.00 bits per heavy atom. The first-order valence-corrected chi connectivity index (χ1v) is 11.4. The summed E-state index contributed by atoms with van der Waals surface area (Å²) in [7, 11) is 0. The van der Waals surface area contributed by atoms with E-state index >= 15 is 0 Å². The number of fused-ring (bicyclic) bond motifs is 3. The van der Waals surface area contributed by atoms with Crippen molar-refractivity contribution in [3.63, 3.8) is 0 Å². The van der Waals surface area contributed by atoms with Gasteiger partial charge in [0.2, 0.25) is 5.91 Å². The van der Waals surface area contributed by atoms with Crippen molar-refractivity contribution in [2.24, 2.45) is 11.3 Å². The van der Waals surface area contributed by atoms with Gasteiger partial charge in [0.1, 0.15) is 6.61 Å². The molecule has 2 aliphatic rings. The van der Waals surface area contributed by atoms with Crippen LogP contribution in [0.3, 0.4) is 0 Å². The molecule has 0 spiro atoms. The molecule has 4 rings (SSSR count). The van der Waals surface area contributed by atoms with Crippen molar-refractivity contribution in [3.8, 4) is 11.1 Å². The molecule has 7 heteroatoms. The third-order valence-corrected chi connectivity index (χ3v) is 6.78. The number of alkyl carbamates (subject to hydrolysis) is 1. The number of rotatable bonds is 7. The lowest BCUT2D eigenvalue weighted by Crippen LogP contribution is -2.50. The Bertz CT molecular complexity index is 1020. The summed E-state index contributed by atoms with van der Waals surface area (Å²) >= 11 is 0. The quantitative estimate of drug-likeness (QED) is 0.593. The lowest BCUT2D eigenvalue weighted by molar-refractivity contribution is -0.142. The topological polar surface area (TPSA) is 105 Å². The van der Waals surface area contributed by atoms with Crippen LogP contribution in [-0.2, 0) is 14.3 Å². The van der Waals surface area contributed by atoms with E-state index in [4.69, 9.17) is 4.74 Å². The average Bonchev–Trinajstić information content (AvgIpc) is 3.39. The predicted octanol–water partition coefficient (Wildman–Crippen LogP) is 3.92. The molecular formula is C26H30N2O5. The highest BCUT2D eigenvalue weighted by Gasteiger charge is 2.37. The molecular weight excluding hydrogens is 420 g/mol. The van der Waals surface area contributed by atoms with Crippen molar-refractivity contribution >= 4 is 18.0 Å². The third kappa shape index (κ3) is 4.72. The first kappa shape index (κ1) is 22.8. The number of nitrogens with one attached hydrogen (secondary N) is 2. The van der Waals surface area contributed by atoms with E-state index in [0.29, 0.717) is 12.8 Å². The largest absolute Gasteiger partial charge is 0.481 e. The molecule has 0 aromatic heterocycles. The van der Waals surface area contributed by atoms with Crippen LogP contribution in [0.5, 0.6) is 0 Å². The van der Waals surface area contributed by atoms with Gasteiger partial charge in [0, 0.05) is 18.5 Å². The first-order chi connectivity index (χ1) is 15.8. The van der Waals surface area contributed by atoms with E-state index in [1.54, 1.807) is 13.8 Å². The number of hydrogen-bond acceptors (Lipinski definition) is 4. The summed E-state index contributed by atoms with van der Waals surface area (Å²) < 4.78 is 5.54. The smallest absolute Gasteiger partial charge is 0.407 e. The fraction of sp³-hybridized carbons (Fsp3) is 0.423. The van der Waals surface area contributed by atoms with Crippen molar-refractivity contribution in [3.05, 3.63) is 59.7 Å². The Labute approximate surface area is 193 Å². The van der Waals surface area contributed by atoms with Crippen LogP contribution in [0.25, 0.3) is 11.1 Å². The molecule has 174 valence electrons. The molecule has 33 heavy (non-hydrogen) atoms. The SMILES string of the molecule is CC(C)(CNC(=O)OCC1c2ccccc2-c2ccccc21)C(=O)NC1CCCC1C(=O)O. The highest BCUT2D eigenvalue weighted by Crippen LogP contribution is 2.44. The fourth-order valence-electron chi connectivity index (χ4n) is 4.82. The Kier molecular flexibility index (Phi) is 6.40. The highest BCUT2D eigenvalue weighted by atomic mass is 16.5. The van der Waals surface area contributed by atoms with Gasteiger partial charge in [-0.05, 0) is 48.9 Å². The number of carboxylic acids is 1. The highest BCUT2D eigenvalue weighted by molar-refractivity contribution is 5.84. The van der Waals surface area contributed by atoms with E-state index in [1.807, 2.05) is 24.3 Å². The molecule has 2 aliphatic carbocycles. The molecule has 2 unspecified atom stereocenters. The van der Waals surface area contributed by atoms with Crippen LogP contribution in [0.15, 0.2) is 48.5 Å². The van der Waals surface area contributed by atoms with E-state index in [9.17, 15) is 19.5 Å². The van der Waals surface area contributed by atoms with Gasteiger partial charge in [0.05, 0.1) is 11.3 Å². The Morgan fingerprint density at radius 3 is 2.21 bits per heavy atom. The average molecular weight is 451 g/mol. The molecule has 0 heterocycles. The maximum absolute atomic E-state index is 12.7. The first-order valence-electron chi connectivity index (χ1n) is 11.4. The third-order valence-electron chi connectivity index (χ3n) is 6.78. The van der Waals surface area contributed by atoms with Crippen molar-refractivity contribution in [2.45, 2.75) is 45.1 Å². The number of carbonyl (C=O) groups excluding carboxylic acids is 2. The second-order valence-electron chi connectivity index (χ2n) is 9.52. The van der Waals surface area contributed by atoms with Gasteiger partial charge in [-0.3, -0.25) is 9.59 Å². The van der Waals surface area contributed by atoms with E-state index in [2.05, 4.69) is 34.9 Å². The Hall–Kier alpha value is -3.35. The predicted molar refractivity (Wildman–Crippen MR) is 124 cm³/mol. The zero-order valence-corrected chi connectivity index (χ0v) is 19.0. The molecule has 2 aromatic rings. The molecule has 0 saturated heterocycles. The van der Waals surface area contributed by atoms with Gasteiger partial charge < -0.3 is 20.5 Å². The molecule has 1 fully saturated rings. The maximum atomic E-state index is 12.7. The van der Waals surface area contributed by atoms with Crippen LogP contribution < -0.4 is 10.6 Å². The summed E-state index contributed by atoms with van der Waals surface area (Å²) in [6.07, 6.45) is 1.42. The van der Waals surface area contributed by atoms with E-state index < -0.39 is 23.4 Å². The van der Waals surface area contributed by atoms with E-state index in [-0.39, 0.29) is 31.0 Å². The van der Waals surface area contributed by atoms with Crippen molar-refractivity contribution in [1.29, 1.82) is 0 Å². The van der Waals surface area contributed by atoms with Crippen LogP contribution in [0.4, 0.5) is 4.79 Å². The van der Waals surface area contributed by atoms with Crippen LogP contribution in [0.2, 0.25) is 0 Å². The standard InChI is InChI=1S/C26H30N2O5/c1-26(2,24(31)28-22-13-7-12-20(22)23(29)30)15-27-25(32)33-14-21-18-10-5-3-8-16(18)17-9-4-6-11-19(17)21/h3-6,8-11,20-22H,7,12-15H2,1-2H3,(H,27,32)(H,28,31)(H,29,30). The number of aliphatic carboxylic acids is 1. The van der Waals surface area contributed by atoms with Crippen LogP contribution in [0.1, 0.15) is 50.2 Å². The molecule has 1 saturated carbocycles. The molecule has 2 atom stereocenters. The minimum Gasteiger partial charge on any atom is -0.481 e. The second kappa shape index (κ2) is 9.25. The molecule has 2 aromatic carbocycles. The van der Waals surface area contributed by atoms with Gasteiger partial charge >= 0.3 is 12.1 Å². The van der Waals surface area contributed by atoms with Gasteiger partial charge in [-0.2, -0.15) is 0 Å². The molecule has 0 bridgehead atoms. The lowest BCUT2D eigenvalue weighted by Gasteiger charge is -2.27. The molecule has 0 aliphatic heterocycles. The second-order valence-corrected chi connectivity index (χ2v) is 9.52. The van der Waals surface area contributed by atoms with Gasteiger partial charge in [-0.1, -0.05) is 55.0 Å². The fourth-order valence-corrected chi connectivity index (χ4v) is 4.82. The zero-order chi connectivity index (χ0) is 23.6. The summed E-state index contributed by atoms with van der Waals surface area (Å²) in [6, 6.07) is 15.9. The molecule has 0 radical (unpaired) electrons. The van der Waals surface area contributed by atoms with E-state index in [1.165, 1.54) is 0 Å². The molecule has 7 nitrogen and oxygen atoms in total. The normalized spacial score (nSPS) is 19.5. The van der Waals surface area contributed by atoms with Crippen LogP contribution in [0, 0.1) is 11.3 Å². The zero-order valence-electron chi connectivity index (χ0n) is 19.0. The summed E-state index contributed by atoms with van der Waals surface area (Å²) in [4.78, 5) is 36.6. The Balaban J connectivity index is 1.31. The maximum Gasteiger partial charge on any atom is 0.407 e. The summed E-state index contributed by atoms with van der Waals surface area (Å²) in [5.74, 6) is -1.75. The number of carbonyl (C=O) groups is 3. The molecule has 2 amide bonds. The number of hydrogen-bond donors (Lipinski definition) is 3. The Morgan fingerprint density at radius 2 is 1.61 bits per heavy atom. The summed E-state index contributed by atoms with van der Waals surface area (Å²) in [5, 5.41) is 14.9. The minimum atomic E-state index is -0.906. The van der Waals surface area contributed by atoms with Crippen molar-refractivity contribution < 1.29 is 24.2 Å². The molecule has 3 N–H and O–H groups in total. The van der Waals surface area contributed by atoms with Gasteiger partial charge in [-0.25, -0.2) is 4.79 Å².